The fraction of sp³-hybridized carbons (Fsp3) is 0.917. The smallest absolute Gasteiger partial charge is 0.221 e. The van der Waals surface area contributed by atoms with Crippen LogP contribution in [0.4, 0.5) is 0 Å². The van der Waals surface area contributed by atoms with Gasteiger partial charge in [-0.3, -0.25) is 4.79 Å². The number of nitrogens with one attached hydrogen (secondary N) is 2. The van der Waals surface area contributed by atoms with Gasteiger partial charge >= 0.3 is 0 Å². The van der Waals surface area contributed by atoms with Crippen molar-refractivity contribution in [3.8, 4) is 0 Å². The minimum absolute atomic E-state index is 0.0732. The van der Waals surface area contributed by atoms with Gasteiger partial charge in [-0.05, 0) is 25.7 Å². The van der Waals surface area contributed by atoms with Crippen LogP contribution in [-0.4, -0.2) is 35.7 Å². The van der Waals surface area contributed by atoms with Crippen molar-refractivity contribution >= 4 is 5.91 Å². The van der Waals surface area contributed by atoms with E-state index in [4.69, 9.17) is 0 Å². The largest absolute Gasteiger partial charge is 0.394 e. The van der Waals surface area contributed by atoms with Crippen LogP contribution in [0.1, 0.15) is 44.9 Å². The molecule has 0 aromatic rings. The van der Waals surface area contributed by atoms with E-state index in [1.807, 2.05) is 0 Å². The van der Waals surface area contributed by atoms with E-state index in [0.29, 0.717) is 12.5 Å². The second-order valence-electron chi connectivity index (χ2n) is 5.17. The van der Waals surface area contributed by atoms with Crippen molar-refractivity contribution < 1.29 is 9.90 Å². The van der Waals surface area contributed by atoms with Crippen LogP contribution in [0, 0.1) is 0 Å². The highest BCUT2D eigenvalue weighted by Crippen LogP contribution is 2.29. The van der Waals surface area contributed by atoms with E-state index in [9.17, 15) is 9.90 Å². The van der Waals surface area contributed by atoms with Gasteiger partial charge in [0.05, 0.1) is 12.1 Å². The fourth-order valence-corrected chi connectivity index (χ4v) is 2.41. The summed E-state index contributed by atoms with van der Waals surface area (Å²) in [6.07, 6.45) is 7.10. The topological polar surface area (TPSA) is 61.4 Å². The molecule has 4 heteroatoms. The van der Waals surface area contributed by atoms with Gasteiger partial charge < -0.3 is 15.7 Å². The van der Waals surface area contributed by atoms with Gasteiger partial charge in [-0.2, -0.15) is 0 Å². The van der Waals surface area contributed by atoms with Crippen LogP contribution in [-0.2, 0) is 4.79 Å². The molecule has 0 spiro atoms. The van der Waals surface area contributed by atoms with E-state index in [1.54, 1.807) is 0 Å². The Balaban J connectivity index is 1.67. The molecule has 0 radical (unpaired) electrons. The highest BCUT2D eigenvalue weighted by Gasteiger charge is 2.34. The van der Waals surface area contributed by atoms with Crippen molar-refractivity contribution in [1.82, 2.24) is 10.6 Å². The molecule has 0 aliphatic heterocycles. The second-order valence-corrected chi connectivity index (χ2v) is 5.17. The Bertz CT molecular complexity index is 245. The first kappa shape index (κ1) is 11.9. The van der Waals surface area contributed by atoms with Crippen LogP contribution < -0.4 is 10.6 Å². The number of aliphatic hydroxyl groups excluding tert-OH is 1. The molecule has 16 heavy (non-hydrogen) atoms. The van der Waals surface area contributed by atoms with Gasteiger partial charge in [-0.25, -0.2) is 0 Å². The number of carbonyl (C=O) groups is 1. The van der Waals surface area contributed by atoms with Gasteiger partial charge in [0.25, 0.3) is 0 Å². The molecule has 1 amide bonds. The molecule has 0 heterocycles. The second kappa shape index (κ2) is 5.15. The molecule has 3 N–H and O–H groups in total. The van der Waals surface area contributed by atoms with E-state index < -0.39 is 0 Å². The zero-order chi connectivity index (χ0) is 11.4. The van der Waals surface area contributed by atoms with Crippen molar-refractivity contribution in [3.63, 3.8) is 0 Å². The summed E-state index contributed by atoms with van der Waals surface area (Å²) in [7, 11) is 0. The summed E-state index contributed by atoms with van der Waals surface area (Å²) in [6, 6.07) is 0.658. The third-order valence-corrected chi connectivity index (χ3v) is 3.63. The Morgan fingerprint density at radius 3 is 2.56 bits per heavy atom. The lowest BCUT2D eigenvalue weighted by Crippen LogP contribution is -2.49. The summed E-state index contributed by atoms with van der Waals surface area (Å²) >= 11 is 0. The lowest BCUT2D eigenvalue weighted by molar-refractivity contribution is -0.123. The molecule has 2 saturated carbocycles. The Morgan fingerprint density at radius 1 is 1.31 bits per heavy atom. The quantitative estimate of drug-likeness (QED) is 0.620. The Morgan fingerprint density at radius 2 is 2.00 bits per heavy atom. The van der Waals surface area contributed by atoms with Crippen LogP contribution in [0.25, 0.3) is 0 Å². The molecule has 0 atom stereocenters. The molecule has 0 bridgehead atoms. The Labute approximate surface area is 96.8 Å². The lowest BCUT2D eigenvalue weighted by atomic mass is 9.99. The molecule has 2 aliphatic rings. The summed E-state index contributed by atoms with van der Waals surface area (Å²) in [4.78, 5) is 11.7. The van der Waals surface area contributed by atoms with Crippen LogP contribution in [0.5, 0.6) is 0 Å². The number of aliphatic hydroxyl groups is 1. The average Bonchev–Trinajstić information content (AvgIpc) is 2.98. The summed E-state index contributed by atoms with van der Waals surface area (Å²) in [5.74, 6) is 0.0732. The summed E-state index contributed by atoms with van der Waals surface area (Å²) in [5.41, 5.74) is -0.309. The minimum Gasteiger partial charge on any atom is -0.394 e. The monoisotopic (exact) mass is 226 g/mol. The summed E-state index contributed by atoms with van der Waals surface area (Å²) in [6.45, 7) is 0.840. The summed E-state index contributed by atoms with van der Waals surface area (Å²) < 4.78 is 0. The number of rotatable bonds is 6. The number of carbonyl (C=O) groups excluding carboxylic acids is 1. The van der Waals surface area contributed by atoms with Gasteiger partial charge in [0.2, 0.25) is 5.91 Å². The van der Waals surface area contributed by atoms with Gasteiger partial charge in [-0.1, -0.05) is 12.8 Å². The number of hydrogen-bond donors (Lipinski definition) is 3. The molecular weight excluding hydrogens is 204 g/mol. The highest BCUT2D eigenvalue weighted by molar-refractivity contribution is 5.77. The first-order valence-corrected chi connectivity index (χ1v) is 6.39. The van der Waals surface area contributed by atoms with Crippen molar-refractivity contribution in [2.45, 2.75) is 56.5 Å². The van der Waals surface area contributed by atoms with Crippen molar-refractivity contribution in [3.05, 3.63) is 0 Å². The molecule has 92 valence electrons. The van der Waals surface area contributed by atoms with Crippen molar-refractivity contribution in [2.75, 3.05) is 13.2 Å². The van der Waals surface area contributed by atoms with Crippen LogP contribution >= 0.6 is 0 Å². The maximum Gasteiger partial charge on any atom is 0.221 e. The molecule has 2 fully saturated rings. The number of hydrogen-bond acceptors (Lipinski definition) is 3. The Hall–Kier alpha value is -0.610. The predicted molar refractivity (Wildman–Crippen MR) is 62.1 cm³/mol. The third kappa shape index (κ3) is 3.19. The summed E-state index contributed by atoms with van der Waals surface area (Å²) in [5, 5.41) is 15.7. The standard InChI is InChI=1S/C12H22N2O2/c15-9-12(6-1-2-7-12)14-11(16)5-8-13-10-3-4-10/h10,13,15H,1-9H2,(H,14,16). The zero-order valence-corrected chi connectivity index (χ0v) is 9.80. The van der Waals surface area contributed by atoms with Crippen molar-refractivity contribution in [1.29, 1.82) is 0 Å². The first-order chi connectivity index (χ1) is 7.74. The molecule has 4 nitrogen and oxygen atoms in total. The molecule has 0 aromatic heterocycles. The maximum absolute atomic E-state index is 11.7. The highest BCUT2D eigenvalue weighted by atomic mass is 16.3. The Kier molecular flexibility index (Phi) is 3.82. The molecule has 2 aliphatic carbocycles. The lowest BCUT2D eigenvalue weighted by Gasteiger charge is -2.28. The first-order valence-electron chi connectivity index (χ1n) is 6.39. The molecule has 0 saturated heterocycles. The van der Waals surface area contributed by atoms with Gasteiger partial charge in [0.1, 0.15) is 0 Å². The third-order valence-electron chi connectivity index (χ3n) is 3.63. The van der Waals surface area contributed by atoms with E-state index in [2.05, 4.69) is 10.6 Å². The molecule has 0 unspecified atom stereocenters. The maximum atomic E-state index is 11.7. The SMILES string of the molecule is O=C(CCNC1CC1)NC1(CO)CCCC1. The van der Waals surface area contributed by atoms with Gasteiger partial charge in [-0.15, -0.1) is 0 Å². The molecular formula is C12H22N2O2. The van der Waals surface area contributed by atoms with Crippen LogP contribution in [0.2, 0.25) is 0 Å². The minimum atomic E-state index is -0.309. The molecule has 2 rings (SSSR count). The normalized spacial score (nSPS) is 23.3. The average molecular weight is 226 g/mol. The van der Waals surface area contributed by atoms with Crippen molar-refractivity contribution in [2.24, 2.45) is 0 Å². The fourth-order valence-electron chi connectivity index (χ4n) is 2.41. The van der Waals surface area contributed by atoms with E-state index in [0.717, 1.165) is 32.2 Å². The van der Waals surface area contributed by atoms with Gasteiger partial charge in [0.15, 0.2) is 0 Å². The zero-order valence-electron chi connectivity index (χ0n) is 9.80. The number of amides is 1. The van der Waals surface area contributed by atoms with Crippen LogP contribution in [0.15, 0.2) is 0 Å². The van der Waals surface area contributed by atoms with E-state index in [1.165, 1.54) is 12.8 Å². The van der Waals surface area contributed by atoms with E-state index in [-0.39, 0.29) is 18.1 Å². The van der Waals surface area contributed by atoms with Gasteiger partial charge in [0, 0.05) is 19.0 Å². The predicted octanol–water partition coefficient (Wildman–Crippen LogP) is 0.550. The molecule has 0 aromatic carbocycles. The van der Waals surface area contributed by atoms with Crippen LogP contribution in [0.3, 0.4) is 0 Å². The van der Waals surface area contributed by atoms with E-state index >= 15 is 0 Å².